The van der Waals surface area contributed by atoms with Gasteiger partial charge in [-0.15, -0.1) is 0 Å². The van der Waals surface area contributed by atoms with Crippen molar-refractivity contribution >= 4 is 40.6 Å². The second-order valence-electron chi connectivity index (χ2n) is 5.47. The third kappa shape index (κ3) is 5.86. The number of anilines is 2. The first-order chi connectivity index (χ1) is 12.5. The summed E-state index contributed by atoms with van der Waals surface area (Å²) in [6, 6.07) is 14.8. The summed E-state index contributed by atoms with van der Waals surface area (Å²) in [7, 11) is 1.27. The zero-order chi connectivity index (χ0) is 18.9. The van der Waals surface area contributed by atoms with E-state index < -0.39 is 5.97 Å². The molecule has 0 saturated heterocycles. The van der Waals surface area contributed by atoms with Gasteiger partial charge in [0.25, 0.3) is 5.91 Å². The van der Waals surface area contributed by atoms with Crippen molar-refractivity contribution in [2.45, 2.75) is 13.3 Å². The molecule has 0 saturated carbocycles. The number of nitrogens with one attached hydrogen (secondary N) is 3. The van der Waals surface area contributed by atoms with Crippen LogP contribution >= 0.6 is 12.2 Å². The van der Waals surface area contributed by atoms with Gasteiger partial charge in [0.05, 0.1) is 7.11 Å². The van der Waals surface area contributed by atoms with E-state index in [1.165, 1.54) is 12.7 Å². The third-order valence-corrected chi connectivity index (χ3v) is 3.82. The minimum Gasteiger partial charge on any atom is -0.468 e. The summed E-state index contributed by atoms with van der Waals surface area (Å²) < 4.78 is 4.48. The number of aryl methyl sites for hydroxylation is 1. The van der Waals surface area contributed by atoms with Crippen molar-refractivity contribution in [2.75, 3.05) is 24.3 Å². The summed E-state index contributed by atoms with van der Waals surface area (Å²) in [5.74, 6) is -0.848. The molecular formula is C19H21N3O3S. The van der Waals surface area contributed by atoms with Crippen LogP contribution in [-0.4, -0.2) is 30.6 Å². The Kier molecular flexibility index (Phi) is 7.11. The first-order valence-electron chi connectivity index (χ1n) is 8.14. The van der Waals surface area contributed by atoms with Crippen molar-refractivity contribution in [3.05, 3.63) is 59.7 Å². The minimum atomic E-state index is -0.500. The van der Waals surface area contributed by atoms with Gasteiger partial charge in [-0.2, -0.15) is 0 Å². The van der Waals surface area contributed by atoms with Crippen LogP contribution in [0.2, 0.25) is 0 Å². The van der Waals surface area contributed by atoms with Gasteiger partial charge in [-0.25, -0.2) is 0 Å². The maximum atomic E-state index is 11.9. The molecule has 1 amide bonds. The number of hydrogen-bond acceptors (Lipinski definition) is 4. The lowest BCUT2D eigenvalue weighted by Gasteiger charge is -2.12. The Labute approximate surface area is 157 Å². The number of benzene rings is 2. The standard InChI is InChI=1S/C19H21N3O3S/c1-3-13-5-4-6-16(11-13)22-19(26)21-15-9-7-14(8-10-15)18(24)20-12-17(23)25-2/h4-11H,3,12H2,1-2H3,(H,20,24)(H2,21,22,26). The zero-order valence-electron chi connectivity index (χ0n) is 14.7. The quantitative estimate of drug-likeness (QED) is 0.535. The molecule has 0 aliphatic carbocycles. The van der Waals surface area contributed by atoms with Crippen LogP contribution in [0, 0.1) is 0 Å². The van der Waals surface area contributed by atoms with Crippen LogP contribution in [0.1, 0.15) is 22.8 Å². The smallest absolute Gasteiger partial charge is 0.325 e. The van der Waals surface area contributed by atoms with Crippen molar-refractivity contribution in [1.82, 2.24) is 5.32 Å². The summed E-state index contributed by atoms with van der Waals surface area (Å²) in [6.45, 7) is 1.93. The lowest BCUT2D eigenvalue weighted by Crippen LogP contribution is -2.30. The van der Waals surface area contributed by atoms with Crippen molar-refractivity contribution in [2.24, 2.45) is 0 Å². The maximum absolute atomic E-state index is 11.9. The minimum absolute atomic E-state index is 0.167. The van der Waals surface area contributed by atoms with E-state index in [-0.39, 0.29) is 12.5 Å². The summed E-state index contributed by atoms with van der Waals surface area (Å²) in [5, 5.41) is 9.14. The van der Waals surface area contributed by atoms with E-state index in [0.29, 0.717) is 10.7 Å². The fourth-order valence-electron chi connectivity index (χ4n) is 2.19. The molecule has 26 heavy (non-hydrogen) atoms. The Morgan fingerprint density at radius 2 is 1.73 bits per heavy atom. The Balaban J connectivity index is 1.90. The number of esters is 1. The molecule has 2 rings (SSSR count). The molecule has 3 N–H and O–H groups in total. The molecule has 6 nitrogen and oxygen atoms in total. The van der Waals surface area contributed by atoms with Gasteiger partial charge in [-0.3, -0.25) is 9.59 Å². The van der Waals surface area contributed by atoms with Gasteiger partial charge in [-0.1, -0.05) is 19.1 Å². The van der Waals surface area contributed by atoms with E-state index in [9.17, 15) is 9.59 Å². The summed E-state index contributed by atoms with van der Waals surface area (Å²) in [5.41, 5.74) is 3.33. The van der Waals surface area contributed by atoms with Crippen LogP contribution in [0.4, 0.5) is 11.4 Å². The highest BCUT2D eigenvalue weighted by Crippen LogP contribution is 2.13. The molecule has 136 valence electrons. The first-order valence-corrected chi connectivity index (χ1v) is 8.54. The molecule has 0 spiro atoms. The molecule has 2 aromatic rings. The van der Waals surface area contributed by atoms with E-state index in [1.54, 1.807) is 24.3 Å². The molecule has 0 heterocycles. The molecule has 0 unspecified atom stereocenters. The van der Waals surface area contributed by atoms with Gasteiger partial charge in [0.15, 0.2) is 5.11 Å². The van der Waals surface area contributed by atoms with Crippen LogP contribution in [0.15, 0.2) is 48.5 Å². The molecule has 0 aromatic heterocycles. The Morgan fingerprint density at radius 1 is 1.04 bits per heavy atom. The summed E-state index contributed by atoms with van der Waals surface area (Å²) in [6.07, 6.45) is 0.954. The molecule has 0 fully saturated rings. The molecule has 7 heteroatoms. The molecule has 0 atom stereocenters. The molecule has 2 aromatic carbocycles. The van der Waals surface area contributed by atoms with Crippen molar-refractivity contribution in [3.63, 3.8) is 0 Å². The number of ether oxygens (including phenoxy) is 1. The van der Waals surface area contributed by atoms with Gasteiger partial charge in [0.2, 0.25) is 0 Å². The SMILES string of the molecule is CCc1cccc(NC(=S)Nc2ccc(C(=O)NCC(=O)OC)cc2)c1. The fraction of sp³-hybridized carbons (Fsp3) is 0.211. The Bertz CT molecular complexity index is 791. The number of methoxy groups -OCH3 is 1. The van der Waals surface area contributed by atoms with Gasteiger partial charge in [0.1, 0.15) is 6.54 Å². The lowest BCUT2D eigenvalue weighted by atomic mass is 10.1. The average Bonchev–Trinajstić information content (AvgIpc) is 2.66. The predicted molar refractivity (Wildman–Crippen MR) is 106 cm³/mol. The lowest BCUT2D eigenvalue weighted by molar-refractivity contribution is -0.139. The average molecular weight is 371 g/mol. The summed E-state index contributed by atoms with van der Waals surface area (Å²) in [4.78, 5) is 23.0. The van der Waals surface area contributed by atoms with E-state index >= 15 is 0 Å². The monoisotopic (exact) mass is 371 g/mol. The van der Waals surface area contributed by atoms with Crippen LogP contribution in [0.5, 0.6) is 0 Å². The number of rotatable bonds is 6. The molecule has 0 bridgehead atoms. The van der Waals surface area contributed by atoms with Crippen molar-refractivity contribution < 1.29 is 14.3 Å². The van der Waals surface area contributed by atoms with E-state index in [1.807, 2.05) is 18.2 Å². The van der Waals surface area contributed by atoms with Gasteiger partial charge >= 0.3 is 5.97 Å². The van der Waals surface area contributed by atoms with Crippen molar-refractivity contribution in [3.8, 4) is 0 Å². The van der Waals surface area contributed by atoms with Gasteiger partial charge < -0.3 is 20.7 Å². The van der Waals surface area contributed by atoms with Gasteiger partial charge in [-0.05, 0) is 60.6 Å². The second-order valence-corrected chi connectivity index (χ2v) is 5.88. The molecule has 0 aliphatic rings. The normalized spacial score (nSPS) is 9.92. The van der Waals surface area contributed by atoms with E-state index in [2.05, 4.69) is 33.7 Å². The van der Waals surface area contributed by atoms with Crippen molar-refractivity contribution in [1.29, 1.82) is 0 Å². The maximum Gasteiger partial charge on any atom is 0.325 e. The number of thiocarbonyl (C=S) groups is 1. The van der Waals surface area contributed by atoms with Gasteiger partial charge in [0, 0.05) is 16.9 Å². The molecule has 0 radical (unpaired) electrons. The van der Waals surface area contributed by atoms with Crippen LogP contribution < -0.4 is 16.0 Å². The Morgan fingerprint density at radius 3 is 2.38 bits per heavy atom. The predicted octanol–water partition coefficient (Wildman–Crippen LogP) is 2.96. The van der Waals surface area contributed by atoms with E-state index in [0.717, 1.165) is 17.8 Å². The van der Waals surface area contributed by atoms with E-state index in [4.69, 9.17) is 12.2 Å². The highest BCUT2D eigenvalue weighted by atomic mass is 32.1. The van der Waals surface area contributed by atoms with Crippen LogP contribution in [-0.2, 0) is 16.0 Å². The number of carbonyl (C=O) groups excluding carboxylic acids is 2. The highest BCUT2D eigenvalue weighted by Gasteiger charge is 2.08. The topological polar surface area (TPSA) is 79.5 Å². The Hall–Kier alpha value is -2.93. The number of amides is 1. The van der Waals surface area contributed by atoms with Crippen LogP contribution in [0.25, 0.3) is 0 Å². The third-order valence-electron chi connectivity index (χ3n) is 3.62. The first kappa shape index (κ1) is 19.4. The zero-order valence-corrected chi connectivity index (χ0v) is 15.5. The molecular weight excluding hydrogens is 350 g/mol. The highest BCUT2D eigenvalue weighted by molar-refractivity contribution is 7.80. The number of hydrogen-bond donors (Lipinski definition) is 3. The molecule has 0 aliphatic heterocycles. The fourth-order valence-corrected chi connectivity index (χ4v) is 2.43. The second kappa shape index (κ2) is 9.53. The number of carbonyl (C=O) groups is 2. The van der Waals surface area contributed by atoms with Crippen LogP contribution in [0.3, 0.4) is 0 Å². The largest absolute Gasteiger partial charge is 0.468 e. The summed E-state index contributed by atoms with van der Waals surface area (Å²) >= 11 is 5.31.